The van der Waals surface area contributed by atoms with Crippen molar-refractivity contribution in [3.05, 3.63) is 45.5 Å². The summed E-state index contributed by atoms with van der Waals surface area (Å²) in [5.41, 5.74) is -0.900. The molecular weight excluding hydrogens is 224 g/mol. The van der Waals surface area contributed by atoms with Crippen LogP contribution in [-0.4, -0.2) is 10.7 Å². The summed E-state index contributed by atoms with van der Waals surface area (Å²) in [5.74, 6) is -1.95. The maximum absolute atomic E-state index is 13.1. The van der Waals surface area contributed by atoms with Crippen molar-refractivity contribution >= 4 is 24.4 Å². The van der Waals surface area contributed by atoms with Gasteiger partial charge in [0.1, 0.15) is 0 Å². The number of nitro benzene ring substituents is 1. The molecule has 0 aromatic heterocycles. The Morgan fingerprint density at radius 1 is 1.40 bits per heavy atom. The number of nitro groups is 1. The topological polar surface area (TPSA) is 43.1 Å². The van der Waals surface area contributed by atoms with Crippen molar-refractivity contribution in [1.29, 1.82) is 0 Å². The Morgan fingerprint density at radius 3 is 2.33 bits per heavy atom. The maximum atomic E-state index is 13.1. The van der Waals surface area contributed by atoms with Gasteiger partial charge in [0.05, 0.1) is 4.92 Å². The van der Waals surface area contributed by atoms with Gasteiger partial charge in [-0.2, -0.15) is 21.4 Å². The van der Waals surface area contributed by atoms with Crippen LogP contribution in [0, 0.1) is 21.7 Å². The zero-order valence-electron chi connectivity index (χ0n) is 7.48. The molecule has 0 saturated heterocycles. The molecule has 0 atom stereocenters. The van der Waals surface area contributed by atoms with Gasteiger partial charge in [-0.05, 0) is 17.7 Å². The van der Waals surface area contributed by atoms with Crippen LogP contribution in [0.3, 0.4) is 0 Å². The van der Waals surface area contributed by atoms with Gasteiger partial charge in [-0.15, -0.1) is 0 Å². The molecule has 1 rings (SSSR count). The van der Waals surface area contributed by atoms with Crippen molar-refractivity contribution < 1.29 is 13.7 Å². The zero-order chi connectivity index (χ0) is 11.4. The number of halogens is 2. The molecule has 0 radical (unpaired) electrons. The normalized spacial score (nSPS) is 10.9. The molecule has 0 spiro atoms. The third kappa shape index (κ3) is 2.76. The molecule has 1 aromatic carbocycles. The van der Waals surface area contributed by atoms with Gasteiger partial charge in [-0.3, -0.25) is 10.1 Å². The second-order valence-corrected chi connectivity index (χ2v) is 3.04. The molecule has 0 N–H and O–H groups in total. The van der Waals surface area contributed by atoms with Crippen molar-refractivity contribution in [3.8, 4) is 0 Å². The molecule has 0 bridgehead atoms. The van der Waals surface area contributed by atoms with Crippen LogP contribution in [0.25, 0.3) is 6.08 Å². The van der Waals surface area contributed by atoms with Crippen LogP contribution < -0.4 is 0 Å². The lowest BCUT2D eigenvalue weighted by Crippen LogP contribution is -1.97. The summed E-state index contributed by atoms with van der Waals surface area (Å²) in [4.78, 5) is 9.18. The first-order valence-electron chi connectivity index (χ1n) is 3.97. The monoisotopic (exact) mass is 231 g/mol. The lowest BCUT2D eigenvalue weighted by molar-refractivity contribution is -0.390. The number of benzene rings is 1. The van der Waals surface area contributed by atoms with E-state index in [4.69, 9.17) is 0 Å². The summed E-state index contributed by atoms with van der Waals surface area (Å²) in [5, 5.41) is 10.3. The molecular formula is C9H7F2NO2S. The van der Waals surface area contributed by atoms with Gasteiger partial charge < -0.3 is 0 Å². The van der Waals surface area contributed by atoms with E-state index in [1.165, 1.54) is 6.08 Å². The van der Waals surface area contributed by atoms with Crippen LogP contribution >= 0.6 is 12.6 Å². The standard InChI is InChI=1S/C9H7F2NO2S/c10-7-4-6(2-1-3-15)5-8(11)9(7)12(13)14/h1-2,4-5,15H,3H2. The van der Waals surface area contributed by atoms with E-state index >= 15 is 0 Å². The zero-order valence-corrected chi connectivity index (χ0v) is 8.38. The average molecular weight is 231 g/mol. The lowest BCUT2D eigenvalue weighted by atomic mass is 10.2. The first kappa shape index (κ1) is 11.6. The summed E-state index contributed by atoms with van der Waals surface area (Å²) >= 11 is 3.87. The van der Waals surface area contributed by atoms with Crippen molar-refractivity contribution in [1.82, 2.24) is 0 Å². The number of nitrogens with zero attached hydrogens (tertiary/aromatic N) is 1. The van der Waals surface area contributed by atoms with Gasteiger partial charge >= 0.3 is 5.69 Å². The highest BCUT2D eigenvalue weighted by Crippen LogP contribution is 2.23. The van der Waals surface area contributed by atoms with Crippen molar-refractivity contribution in [2.45, 2.75) is 0 Å². The van der Waals surface area contributed by atoms with Gasteiger partial charge in [0, 0.05) is 5.75 Å². The molecule has 0 heterocycles. The molecule has 15 heavy (non-hydrogen) atoms. The first-order valence-corrected chi connectivity index (χ1v) is 4.60. The molecule has 6 heteroatoms. The molecule has 0 saturated carbocycles. The Bertz CT molecular complexity index is 398. The molecule has 0 aliphatic carbocycles. The third-order valence-electron chi connectivity index (χ3n) is 1.64. The molecule has 0 aliphatic rings. The summed E-state index contributed by atoms with van der Waals surface area (Å²) in [6, 6.07) is 1.81. The quantitative estimate of drug-likeness (QED) is 0.494. The third-order valence-corrected chi connectivity index (χ3v) is 1.85. The highest BCUT2D eigenvalue weighted by Gasteiger charge is 2.20. The molecule has 0 amide bonds. The minimum absolute atomic E-state index is 0.227. The average Bonchev–Trinajstić information content (AvgIpc) is 2.12. The number of hydrogen-bond acceptors (Lipinski definition) is 3. The molecule has 3 nitrogen and oxygen atoms in total. The highest BCUT2D eigenvalue weighted by molar-refractivity contribution is 7.80. The van der Waals surface area contributed by atoms with Crippen molar-refractivity contribution in [3.63, 3.8) is 0 Å². The highest BCUT2D eigenvalue weighted by atomic mass is 32.1. The Labute approximate surface area is 90.0 Å². The fraction of sp³-hybridized carbons (Fsp3) is 0.111. The Balaban J connectivity index is 3.19. The fourth-order valence-electron chi connectivity index (χ4n) is 1.04. The smallest absolute Gasteiger partial charge is 0.258 e. The second-order valence-electron chi connectivity index (χ2n) is 2.68. The van der Waals surface area contributed by atoms with Gasteiger partial charge in [0.15, 0.2) is 0 Å². The van der Waals surface area contributed by atoms with Crippen LogP contribution in [0.2, 0.25) is 0 Å². The van der Waals surface area contributed by atoms with E-state index in [-0.39, 0.29) is 5.56 Å². The van der Waals surface area contributed by atoms with Crippen LogP contribution in [0.15, 0.2) is 18.2 Å². The van der Waals surface area contributed by atoms with Gasteiger partial charge in [-0.25, -0.2) is 0 Å². The van der Waals surface area contributed by atoms with Gasteiger partial charge in [0.25, 0.3) is 0 Å². The molecule has 0 fully saturated rings. The summed E-state index contributed by atoms with van der Waals surface area (Å²) in [7, 11) is 0. The van der Waals surface area contributed by atoms with E-state index in [1.807, 2.05) is 0 Å². The van der Waals surface area contributed by atoms with E-state index in [2.05, 4.69) is 12.6 Å². The summed E-state index contributed by atoms with van der Waals surface area (Å²) in [6.45, 7) is 0. The first-order chi connectivity index (χ1) is 7.06. The van der Waals surface area contributed by atoms with Crippen LogP contribution in [-0.2, 0) is 0 Å². The predicted molar refractivity (Wildman–Crippen MR) is 55.9 cm³/mol. The van der Waals surface area contributed by atoms with E-state index < -0.39 is 22.2 Å². The molecule has 1 aromatic rings. The number of hydrogen-bond donors (Lipinski definition) is 1. The van der Waals surface area contributed by atoms with E-state index in [0.717, 1.165) is 12.1 Å². The largest absolute Gasteiger partial charge is 0.340 e. The lowest BCUT2D eigenvalue weighted by Gasteiger charge is -1.98. The van der Waals surface area contributed by atoms with E-state index in [1.54, 1.807) is 6.08 Å². The van der Waals surface area contributed by atoms with Gasteiger partial charge in [0.2, 0.25) is 11.6 Å². The SMILES string of the molecule is O=[N+]([O-])c1c(F)cc(C=CCS)cc1F. The molecule has 0 unspecified atom stereocenters. The van der Waals surface area contributed by atoms with E-state index in [9.17, 15) is 18.9 Å². The Kier molecular flexibility index (Phi) is 3.79. The second kappa shape index (κ2) is 4.88. The maximum Gasteiger partial charge on any atom is 0.340 e. The van der Waals surface area contributed by atoms with Crippen LogP contribution in [0.5, 0.6) is 0 Å². The molecule has 80 valence electrons. The minimum atomic E-state index is -1.18. The van der Waals surface area contributed by atoms with Gasteiger partial charge in [-0.1, -0.05) is 12.2 Å². The Morgan fingerprint density at radius 2 is 1.93 bits per heavy atom. The predicted octanol–water partition coefficient (Wildman–Crippen LogP) is 2.82. The number of thiol groups is 1. The summed E-state index contributed by atoms with van der Waals surface area (Å²) < 4.78 is 26.1. The minimum Gasteiger partial charge on any atom is -0.258 e. The van der Waals surface area contributed by atoms with Crippen LogP contribution in [0.1, 0.15) is 5.56 Å². The van der Waals surface area contributed by atoms with Crippen molar-refractivity contribution in [2.75, 3.05) is 5.75 Å². The Hall–Kier alpha value is -1.43. The van der Waals surface area contributed by atoms with Crippen molar-refractivity contribution in [2.24, 2.45) is 0 Å². The summed E-state index contributed by atoms with van der Waals surface area (Å²) in [6.07, 6.45) is 3.01. The fourth-order valence-corrected chi connectivity index (χ4v) is 1.15. The number of rotatable bonds is 3. The molecule has 0 aliphatic heterocycles. The van der Waals surface area contributed by atoms with E-state index in [0.29, 0.717) is 5.75 Å². The van der Waals surface area contributed by atoms with Crippen LogP contribution in [0.4, 0.5) is 14.5 Å².